The molecule has 0 heterocycles. The quantitative estimate of drug-likeness (QED) is 0.574. The molecule has 18 heavy (non-hydrogen) atoms. The Hall–Kier alpha value is -1.37. The summed E-state index contributed by atoms with van der Waals surface area (Å²) in [7, 11) is 0. The SMILES string of the molecule is C[C@@]1(C2=CCCC2)C[C@H](C=O)[C@H]1c1ccccc1. The van der Waals surface area contributed by atoms with Crippen LogP contribution in [0.5, 0.6) is 0 Å². The molecule has 0 N–H and O–H groups in total. The van der Waals surface area contributed by atoms with Gasteiger partial charge in [0.2, 0.25) is 0 Å². The molecule has 1 saturated carbocycles. The van der Waals surface area contributed by atoms with Crippen LogP contribution in [0.2, 0.25) is 0 Å². The van der Waals surface area contributed by atoms with E-state index in [4.69, 9.17) is 0 Å². The Labute approximate surface area is 109 Å². The van der Waals surface area contributed by atoms with Gasteiger partial charge in [-0.25, -0.2) is 0 Å². The summed E-state index contributed by atoms with van der Waals surface area (Å²) in [4.78, 5) is 11.3. The maximum absolute atomic E-state index is 11.3. The topological polar surface area (TPSA) is 17.1 Å². The van der Waals surface area contributed by atoms with Crippen molar-refractivity contribution in [3.8, 4) is 0 Å². The molecule has 0 bridgehead atoms. The van der Waals surface area contributed by atoms with Gasteiger partial charge in [0, 0.05) is 11.8 Å². The molecule has 0 saturated heterocycles. The first kappa shape index (κ1) is 11.7. The zero-order valence-corrected chi connectivity index (χ0v) is 10.9. The van der Waals surface area contributed by atoms with Gasteiger partial charge in [-0.1, -0.05) is 48.9 Å². The second kappa shape index (κ2) is 4.38. The third-order valence-corrected chi connectivity index (χ3v) is 4.88. The third-order valence-electron chi connectivity index (χ3n) is 4.88. The smallest absolute Gasteiger partial charge is 0.123 e. The van der Waals surface area contributed by atoms with Gasteiger partial charge >= 0.3 is 0 Å². The molecule has 3 rings (SSSR count). The zero-order valence-electron chi connectivity index (χ0n) is 10.9. The van der Waals surface area contributed by atoms with Crippen molar-refractivity contribution in [2.75, 3.05) is 0 Å². The van der Waals surface area contributed by atoms with Gasteiger partial charge in [0.25, 0.3) is 0 Å². The molecule has 3 atom stereocenters. The van der Waals surface area contributed by atoms with Crippen LogP contribution in [0.3, 0.4) is 0 Å². The molecular formula is C17H20O. The summed E-state index contributed by atoms with van der Waals surface area (Å²) < 4.78 is 0. The van der Waals surface area contributed by atoms with Gasteiger partial charge in [0.15, 0.2) is 0 Å². The third kappa shape index (κ3) is 1.65. The van der Waals surface area contributed by atoms with Gasteiger partial charge in [-0.05, 0) is 36.7 Å². The lowest BCUT2D eigenvalue weighted by atomic mass is 9.50. The van der Waals surface area contributed by atoms with Gasteiger partial charge in [-0.15, -0.1) is 0 Å². The van der Waals surface area contributed by atoms with Crippen LogP contribution < -0.4 is 0 Å². The molecular weight excluding hydrogens is 220 g/mol. The number of hydrogen-bond acceptors (Lipinski definition) is 1. The van der Waals surface area contributed by atoms with Crippen LogP contribution in [0, 0.1) is 11.3 Å². The lowest BCUT2D eigenvalue weighted by Gasteiger charge is -2.53. The van der Waals surface area contributed by atoms with E-state index in [2.05, 4.69) is 37.3 Å². The average molecular weight is 240 g/mol. The molecule has 1 aromatic carbocycles. The normalized spacial score (nSPS) is 34.8. The first-order valence-electron chi connectivity index (χ1n) is 6.95. The van der Waals surface area contributed by atoms with Gasteiger partial charge in [0.05, 0.1) is 0 Å². The van der Waals surface area contributed by atoms with E-state index in [0.29, 0.717) is 5.92 Å². The van der Waals surface area contributed by atoms with Crippen LogP contribution in [0.15, 0.2) is 42.0 Å². The Morgan fingerprint density at radius 3 is 2.67 bits per heavy atom. The predicted molar refractivity (Wildman–Crippen MR) is 73.4 cm³/mol. The first-order valence-corrected chi connectivity index (χ1v) is 6.95. The molecule has 94 valence electrons. The fourth-order valence-electron chi connectivity index (χ4n) is 3.97. The maximum Gasteiger partial charge on any atom is 0.123 e. The fraction of sp³-hybridized carbons (Fsp3) is 0.471. The van der Waals surface area contributed by atoms with Crippen molar-refractivity contribution in [2.45, 2.75) is 38.5 Å². The molecule has 1 nitrogen and oxygen atoms in total. The number of carbonyl (C=O) groups excluding carboxylic acids is 1. The van der Waals surface area contributed by atoms with E-state index in [1.165, 1.54) is 24.8 Å². The van der Waals surface area contributed by atoms with Crippen molar-refractivity contribution in [3.63, 3.8) is 0 Å². The van der Waals surface area contributed by atoms with Gasteiger partial charge < -0.3 is 4.79 Å². The van der Waals surface area contributed by atoms with Crippen molar-refractivity contribution in [3.05, 3.63) is 47.5 Å². The lowest BCUT2D eigenvalue weighted by molar-refractivity contribution is -0.118. The second-order valence-corrected chi connectivity index (χ2v) is 5.93. The molecule has 2 aliphatic rings. The largest absolute Gasteiger partial charge is 0.303 e. The standard InChI is InChI=1S/C17H20O/c1-17(15-9-5-6-10-15)11-14(12-18)16(17)13-7-3-2-4-8-13/h2-4,7-9,12,14,16H,5-6,10-11H2,1H3/t14-,16-,17+/m1/s1. The summed E-state index contributed by atoms with van der Waals surface area (Å²) in [5, 5.41) is 0. The van der Waals surface area contributed by atoms with E-state index >= 15 is 0 Å². The van der Waals surface area contributed by atoms with Crippen molar-refractivity contribution >= 4 is 6.29 Å². The number of hydrogen-bond donors (Lipinski definition) is 0. The van der Waals surface area contributed by atoms with Gasteiger partial charge in [-0.2, -0.15) is 0 Å². The fourth-order valence-corrected chi connectivity index (χ4v) is 3.97. The van der Waals surface area contributed by atoms with Crippen LogP contribution in [0.1, 0.15) is 44.1 Å². The Kier molecular flexibility index (Phi) is 2.85. The molecule has 0 radical (unpaired) electrons. The highest BCUT2D eigenvalue weighted by Gasteiger charge is 2.52. The summed E-state index contributed by atoms with van der Waals surface area (Å²) in [6.07, 6.45) is 8.34. The molecule has 0 unspecified atom stereocenters. The molecule has 0 amide bonds. The lowest BCUT2D eigenvalue weighted by Crippen LogP contribution is -2.45. The summed E-state index contributed by atoms with van der Waals surface area (Å²) in [5.74, 6) is 0.597. The predicted octanol–water partition coefficient (Wildman–Crippen LogP) is 4.11. The summed E-state index contributed by atoms with van der Waals surface area (Å²) in [6, 6.07) is 10.6. The number of benzene rings is 1. The Bertz CT molecular complexity index is 474. The summed E-state index contributed by atoms with van der Waals surface area (Å²) in [5.41, 5.74) is 3.15. The molecule has 1 aromatic rings. The van der Waals surface area contributed by atoms with Crippen LogP contribution in [0.4, 0.5) is 0 Å². The van der Waals surface area contributed by atoms with Gasteiger partial charge in [-0.3, -0.25) is 0 Å². The van der Waals surface area contributed by atoms with Crippen LogP contribution in [0.25, 0.3) is 0 Å². The number of carbonyl (C=O) groups is 1. The van der Waals surface area contributed by atoms with Crippen LogP contribution in [-0.2, 0) is 4.79 Å². The number of rotatable bonds is 3. The summed E-state index contributed by atoms with van der Waals surface area (Å²) >= 11 is 0. The highest BCUT2D eigenvalue weighted by molar-refractivity contribution is 5.61. The van der Waals surface area contributed by atoms with E-state index in [9.17, 15) is 4.79 Å². The summed E-state index contributed by atoms with van der Waals surface area (Å²) in [6.45, 7) is 2.35. The highest BCUT2D eigenvalue weighted by atomic mass is 16.1. The van der Waals surface area contributed by atoms with E-state index in [0.717, 1.165) is 12.7 Å². The molecule has 0 spiro atoms. The Balaban J connectivity index is 1.95. The minimum Gasteiger partial charge on any atom is -0.303 e. The van der Waals surface area contributed by atoms with E-state index in [1.807, 2.05) is 6.07 Å². The highest BCUT2D eigenvalue weighted by Crippen LogP contribution is 2.61. The zero-order chi connectivity index (χ0) is 12.6. The van der Waals surface area contributed by atoms with Crippen molar-refractivity contribution < 1.29 is 4.79 Å². The molecule has 1 fully saturated rings. The van der Waals surface area contributed by atoms with Crippen molar-refractivity contribution in [1.29, 1.82) is 0 Å². The van der Waals surface area contributed by atoms with Crippen LogP contribution in [-0.4, -0.2) is 6.29 Å². The number of allylic oxidation sites excluding steroid dienone is 2. The number of aldehydes is 1. The average Bonchev–Trinajstić information content (AvgIpc) is 2.91. The van der Waals surface area contributed by atoms with Crippen molar-refractivity contribution in [1.82, 2.24) is 0 Å². The Morgan fingerprint density at radius 2 is 2.06 bits per heavy atom. The minimum absolute atomic E-state index is 0.207. The van der Waals surface area contributed by atoms with E-state index < -0.39 is 0 Å². The molecule has 0 aromatic heterocycles. The Morgan fingerprint density at radius 1 is 1.28 bits per heavy atom. The maximum atomic E-state index is 11.3. The van der Waals surface area contributed by atoms with Crippen LogP contribution >= 0.6 is 0 Å². The van der Waals surface area contributed by atoms with Crippen molar-refractivity contribution in [2.24, 2.45) is 11.3 Å². The van der Waals surface area contributed by atoms with E-state index in [1.54, 1.807) is 5.57 Å². The van der Waals surface area contributed by atoms with E-state index in [-0.39, 0.29) is 11.3 Å². The van der Waals surface area contributed by atoms with Gasteiger partial charge in [0.1, 0.15) is 6.29 Å². The molecule has 0 aliphatic heterocycles. The molecule has 1 heteroatoms. The monoisotopic (exact) mass is 240 g/mol. The second-order valence-electron chi connectivity index (χ2n) is 5.93. The first-order chi connectivity index (χ1) is 8.75. The molecule has 2 aliphatic carbocycles. The minimum atomic E-state index is 0.207.